The van der Waals surface area contributed by atoms with Gasteiger partial charge < -0.3 is 19.7 Å². The fraction of sp³-hybridized carbons (Fsp3) is 0.615. The first-order valence-electron chi connectivity index (χ1n) is 12.4. The third-order valence-corrected chi connectivity index (χ3v) is 7.71. The topological polar surface area (TPSA) is 68.6 Å². The summed E-state index contributed by atoms with van der Waals surface area (Å²) in [6, 6.07) is 8.00. The van der Waals surface area contributed by atoms with Gasteiger partial charge in [0.1, 0.15) is 17.0 Å². The molecule has 3 aliphatic heterocycles. The number of hydrogen-bond acceptors (Lipinski definition) is 5. The number of carbonyl (C=O) groups excluding carboxylic acids is 1. The first-order chi connectivity index (χ1) is 16.6. The Kier molecular flexibility index (Phi) is 6.02. The second-order valence-electron chi connectivity index (χ2n) is 10.8. The van der Waals surface area contributed by atoms with E-state index in [9.17, 15) is 13.6 Å². The summed E-state index contributed by atoms with van der Waals surface area (Å²) in [6.07, 6.45) is -0.340. The van der Waals surface area contributed by atoms with E-state index in [4.69, 9.17) is 14.6 Å². The molecule has 0 radical (unpaired) electrons. The van der Waals surface area contributed by atoms with Crippen molar-refractivity contribution in [3.8, 4) is 17.0 Å². The van der Waals surface area contributed by atoms with Gasteiger partial charge in [-0.2, -0.15) is 5.10 Å². The zero-order valence-electron chi connectivity index (χ0n) is 20.8. The van der Waals surface area contributed by atoms with E-state index in [2.05, 4.69) is 30.8 Å². The largest absolute Gasteiger partial charge is 0.482 e. The van der Waals surface area contributed by atoms with Crippen molar-refractivity contribution in [2.75, 3.05) is 19.7 Å². The Morgan fingerprint density at radius 3 is 2.80 bits per heavy atom. The third-order valence-electron chi connectivity index (χ3n) is 7.71. The Balaban J connectivity index is 1.51. The lowest BCUT2D eigenvalue weighted by atomic mass is 9.77. The molecule has 190 valence electrons. The van der Waals surface area contributed by atoms with E-state index in [1.165, 1.54) is 4.90 Å². The van der Waals surface area contributed by atoms with Gasteiger partial charge in [-0.15, -0.1) is 0 Å². The number of rotatable bonds is 3. The lowest BCUT2D eigenvalue weighted by Crippen LogP contribution is -2.53. The third kappa shape index (κ3) is 4.28. The highest BCUT2D eigenvalue weighted by molar-refractivity contribution is 5.75. The van der Waals surface area contributed by atoms with Crippen LogP contribution >= 0.6 is 0 Å². The zero-order valence-corrected chi connectivity index (χ0v) is 20.8. The minimum absolute atomic E-state index is 0.0341. The van der Waals surface area contributed by atoms with Gasteiger partial charge in [-0.3, -0.25) is 4.68 Å². The van der Waals surface area contributed by atoms with Crippen LogP contribution in [0.3, 0.4) is 0 Å². The van der Waals surface area contributed by atoms with Crippen LogP contribution in [0, 0.1) is 6.92 Å². The van der Waals surface area contributed by atoms with Gasteiger partial charge in [0.2, 0.25) is 0 Å². The van der Waals surface area contributed by atoms with Crippen LogP contribution in [0.15, 0.2) is 24.3 Å². The Morgan fingerprint density at radius 2 is 2.09 bits per heavy atom. The number of benzene rings is 1. The van der Waals surface area contributed by atoms with Gasteiger partial charge in [0.25, 0.3) is 6.43 Å². The van der Waals surface area contributed by atoms with Crippen molar-refractivity contribution in [2.24, 2.45) is 0 Å². The molecule has 2 saturated heterocycles. The molecule has 1 unspecified atom stereocenters. The summed E-state index contributed by atoms with van der Waals surface area (Å²) in [6.45, 7) is 8.89. The van der Waals surface area contributed by atoms with E-state index < -0.39 is 24.7 Å². The molecule has 9 heteroatoms. The van der Waals surface area contributed by atoms with Crippen LogP contribution in [0.4, 0.5) is 13.6 Å². The number of likely N-dealkylation sites (tertiary alicyclic amines) is 1. The standard InChI is InChI=1S/C26H34F2N4O3/c1-16-13-26(10-12-31(16)24(33)34-15-21(27)28)22-17(2)32(18-9-11-29-25(3,4)14-18)30-23(22)19-7-5-6-8-20(19)35-26/h5-8,16,18,21,29H,9-15H2,1-4H3/t16-,18?,26+/m0/s1. The summed E-state index contributed by atoms with van der Waals surface area (Å²) in [5, 5.41) is 8.77. The molecule has 7 nitrogen and oxygen atoms in total. The first-order valence-corrected chi connectivity index (χ1v) is 12.4. The van der Waals surface area contributed by atoms with Crippen LogP contribution in [0.1, 0.15) is 63.8 Å². The minimum atomic E-state index is -2.68. The fourth-order valence-electron chi connectivity index (χ4n) is 6.19. The van der Waals surface area contributed by atoms with Crippen molar-refractivity contribution in [2.45, 2.75) is 83.0 Å². The smallest absolute Gasteiger partial charge is 0.410 e. The SMILES string of the molecule is Cc1c2c(nn1C1CCNC(C)(C)C1)-c1ccccc1O[C@@]21CCN(C(=O)OCC(F)F)[C@@H](C)C1. The van der Waals surface area contributed by atoms with Crippen LogP contribution in [0.5, 0.6) is 5.75 Å². The maximum absolute atomic E-state index is 12.6. The van der Waals surface area contributed by atoms with Crippen molar-refractivity contribution >= 4 is 6.09 Å². The molecule has 2 aromatic rings. The maximum Gasteiger partial charge on any atom is 0.410 e. The zero-order chi connectivity index (χ0) is 25.0. The molecule has 1 spiro atoms. The second-order valence-corrected chi connectivity index (χ2v) is 10.8. The maximum atomic E-state index is 12.6. The number of halogens is 2. The quantitative estimate of drug-likeness (QED) is 0.656. The molecule has 3 aliphatic rings. The van der Waals surface area contributed by atoms with Gasteiger partial charge in [-0.1, -0.05) is 12.1 Å². The number of amides is 1. The molecule has 2 fully saturated rings. The number of carbonyl (C=O) groups is 1. The van der Waals surface area contributed by atoms with Crippen molar-refractivity contribution in [1.82, 2.24) is 20.0 Å². The molecule has 1 aromatic heterocycles. The molecule has 35 heavy (non-hydrogen) atoms. The molecule has 1 N–H and O–H groups in total. The number of fused-ring (bicyclic) bond motifs is 4. The van der Waals surface area contributed by atoms with Gasteiger partial charge in [0.05, 0.1) is 6.04 Å². The van der Waals surface area contributed by atoms with E-state index in [1.54, 1.807) is 0 Å². The molecule has 4 heterocycles. The number of para-hydroxylation sites is 1. The number of hydrogen-bond donors (Lipinski definition) is 1. The van der Waals surface area contributed by atoms with Crippen LogP contribution < -0.4 is 10.1 Å². The van der Waals surface area contributed by atoms with Crippen LogP contribution in [-0.4, -0.2) is 58.5 Å². The Morgan fingerprint density at radius 1 is 1.31 bits per heavy atom. The Hall–Kier alpha value is -2.68. The number of nitrogens with zero attached hydrogens (tertiary/aromatic N) is 3. The van der Waals surface area contributed by atoms with Crippen LogP contribution in [0.2, 0.25) is 0 Å². The fourth-order valence-corrected chi connectivity index (χ4v) is 6.19. The highest BCUT2D eigenvalue weighted by Crippen LogP contribution is 2.52. The summed E-state index contributed by atoms with van der Waals surface area (Å²) in [5.41, 5.74) is 3.49. The Labute approximate surface area is 204 Å². The van der Waals surface area contributed by atoms with E-state index >= 15 is 0 Å². The molecule has 3 atom stereocenters. The van der Waals surface area contributed by atoms with E-state index in [0.717, 1.165) is 47.7 Å². The van der Waals surface area contributed by atoms with Crippen molar-refractivity contribution in [3.05, 3.63) is 35.5 Å². The van der Waals surface area contributed by atoms with Crippen molar-refractivity contribution in [3.63, 3.8) is 0 Å². The highest BCUT2D eigenvalue weighted by Gasteiger charge is 2.50. The number of ether oxygens (including phenoxy) is 2. The highest BCUT2D eigenvalue weighted by atomic mass is 19.3. The molecule has 1 aromatic carbocycles. The average Bonchev–Trinajstić information content (AvgIpc) is 3.15. The average molecular weight is 489 g/mol. The second kappa shape index (κ2) is 8.76. The van der Waals surface area contributed by atoms with E-state index in [0.29, 0.717) is 19.4 Å². The lowest BCUT2D eigenvalue weighted by molar-refractivity contribution is -0.0346. The predicted octanol–water partition coefficient (Wildman–Crippen LogP) is 5.04. The monoisotopic (exact) mass is 488 g/mol. The molecule has 5 rings (SSSR count). The van der Waals surface area contributed by atoms with Gasteiger partial charge in [-0.25, -0.2) is 13.6 Å². The number of piperidine rings is 2. The number of nitrogens with one attached hydrogen (secondary N) is 1. The van der Waals surface area contributed by atoms with Crippen molar-refractivity contribution < 1.29 is 23.0 Å². The summed E-state index contributed by atoms with van der Waals surface area (Å²) < 4.78 is 38.9. The normalized spacial score (nSPS) is 27.3. The summed E-state index contributed by atoms with van der Waals surface area (Å²) in [5.74, 6) is 0.788. The predicted molar refractivity (Wildman–Crippen MR) is 128 cm³/mol. The molecule has 0 bridgehead atoms. The van der Waals surface area contributed by atoms with Crippen LogP contribution in [0.25, 0.3) is 11.3 Å². The number of alkyl halides is 2. The van der Waals surface area contributed by atoms with Crippen molar-refractivity contribution in [1.29, 1.82) is 0 Å². The van der Waals surface area contributed by atoms with Gasteiger partial charge in [-0.05, 0) is 59.2 Å². The number of aromatic nitrogens is 2. The molecule has 0 saturated carbocycles. The summed E-state index contributed by atoms with van der Waals surface area (Å²) in [4.78, 5) is 14.0. The molecular weight excluding hydrogens is 454 g/mol. The molecule has 1 amide bonds. The lowest BCUT2D eigenvalue weighted by Gasteiger charge is -2.47. The summed E-state index contributed by atoms with van der Waals surface area (Å²) >= 11 is 0. The molecule has 0 aliphatic carbocycles. The Bertz CT molecular complexity index is 1120. The first kappa shape index (κ1) is 24.0. The van der Waals surface area contributed by atoms with Crippen LogP contribution in [-0.2, 0) is 10.3 Å². The molecular formula is C26H34F2N4O3. The summed E-state index contributed by atoms with van der Waals surface area (Å²) in [7, 11) is 0. The van der Waals surface area contributed by atoms with E-state index in [1.807, 2.05) is 31.2 Å². The van der Waals surface area contributed by atoms with Gasteiger partial charge >= 0.3 is 6.09 Å². The van der Waals surface area contributed by atoms with E-state index in [-0.39, 0.29) is 17.6 Å². The minimum Gasteiger partial charge on any atom is -0.482 e. The van der Waals surface area contributed by atoms with Gasteiger partial charge in [0.15, 0.2) is 6.61 Å². The van der Waals surface area contributed by atoms with Gasteiger partial charge in [0, 0.05) is 47.8 Å².